The number of benzene rings is 8. The van der Waals surface area contributed by atoms with Gasteiger partial charge >= 0.3 is 0 Å². The van der Waals surface area contributed by atoms with Crippen LogP contribution in [-0.4, -0.2) is 44.4 Å². The normalized spacial score (nSPS) is 14.9. The van der Waals surface area contributed by atoms with Crippen molar-refractivity contribution in [2.24, 2.45) is 0 Å². The molecule has 0 unspecified atom stereocenters. The quantitative estimate of drug-likeness (QED) is 0.0948. The fourth-order valence-electron chi connectivity index (χ4n) is 9.20. The lowest BCUT2D eigenvalue weighted by molar-refractivity contribution is -0.213. The Bertz CT molecular complexity index is 2400. The van der Waals surface area contributed by atoms with E-state index in [1.165, 1.54) is 0 Å². The highest BCUT2D eigenvalue weighted by atomic mass is 16.5. The average Bonchev–Trinajstić information content (AvgIpc) is 3.38. The minimum Gasteiger partial charge on any atom is -0.286 e. The van der Waals surface area contributed by atoms with E-state index in [0.29, 0.717) is 12.8 Å². The van der Waals surface area contributed by atoms with Crippen molar-refractivity contribution in [3.63, 3.8) is 0 Å². The summed E-state index contributed by atoms with van der Waals surface area (Å²) in [5, 5.41) is 26.0. The maximum atomic E-state index is 15.0. The lowest BCUT2D eigenvalue weighted by Crippen LogP contribution is -2.56. The molecule has 1 aliphatic rings. The van der Waals surface area contributed by atoms with Gasteiger partial charge in [-0.2, -0.15) is 0 Å². The lowest BCUT2D eigenvalue weighted by atomic mass is 9.84. The maximum Gasteiger partial charge on any atom is 0.258 e. The van der Waals surface area contributed by atoms with E-state index in [0.717, 1.165) is 89.7 Å². The Morgan fingerprint density at radius 3 is 0.750 bits per heavy atom. The Kier molecular flexibility index (Phi) is 12.7. The van der Waals surface area contributed by atoms with Crippen molar-refractivity contribution in [1.29, 1.82) is 0 Å². The molecule has 0 bridgehead atoms. The van der Waals surface area contributed by atoms with Gasteiger partial charge in [0.2, 0.25) is 0 Å². The first kappa shape index (κ1) is 41.9. The van der Waals surface area contributed by atoms with Gasteiger partial charge in [0.15, 0.2) is 0 Å². The summed E-state index contributed by atoms with van der Waals surface area (Å²) in [7, 11) is 0. The van der Waals surface area contributed by atoms with E-state index in [1.54, 1.807) is 0 Å². The number of carbonyl (C=O) groups excluding carboxylic acids is 2. The van der Waals surface area contributed by atoms with E-state index in [4.69, 9.17) is 0 Å². The second-order valence-electron chi connectivity index (χ2n) is 16.6. The van der Waals surface area contributed by atoms with Crippen LogP contribution in [0.4, 0.5) is 0 Å². The van der Waals surface area contributed by atoms with Crippen molar-refractivity contribution < 1.29 is 20.0 Å². The van der Waals surface area contributed by atoms with Crippen molar-refractivity contribution >= 4 is 11.8 Å². The van der Waals surface area contributed by atoms with E-state index in [-0.39, 0.29) is 0 Å². The van der Waals surface area contributed by atoms with E-state index >= 15 is 0 Å². The fourth-order valence-corrected chi connectivity index (χ4v) is 9.20. The molecule has 2 N–H and O–H groups in total. The first-order valence-electron chi connectivity index (χ1n) is 22.1. The summed E-state index contributed by atoms with van der Waals surface area (Å²) in [6, 6.07) is 70.1. The van der Waals surface area contributed by atoms with Crippen LogP contribution in [-0.2, 0) is 9.59 Å². The standard InChI is InChI=1S/C58H50N2O4/c61-57(55(49-33-25-45(26-34-49)41-15-5-1-6-16-41)50-35-27-46(28-36-50)42-17-7-2-8-18-42)59(63)53-23-13-14-24-54(53)60(64)58(62)56(51-37-29-47(30-38-51)43-19-9-3-10-20-43)52-39-31-48(32-40-52)44-21-11-4-12-22-44/h1-12,15-22,25-40,53-56,63-64H,13-14,23-24H2/t53-,54-/m1/s1. The molecule has 0 heterocycles. The molecule has 0 aromatic heterocycles. The van der Waals surface area contributed by atoms with Gasteiger partial charge in [0.1, 0.15) is 0 Å². The van der Waals surface area contributed by atoms with Gasteiger partial charge in [-0.25, -0.2) is 10.1 Å². The highest BCUT2D eigenvalue weighted by Gasteiger charge is 2.42. The Labute approximate surface area is 375 Å². The predicted octanol–water partition coefficient (Wildman–Crippen LogP) is 13.1. The molecule has 6 heteroatoms. The topological polar surface area (TPSA) is 81.1 Å². The van der Waals surface area contributed by atoms with Crippen molar-refractivity contribution in [2.45, 2.75) is 49.6 Å². The molecule has 64 heavy (non-hydrogen) atoms. The third-order valence-electron chi connectivity index (χ3n) is 12.7. The second-order valence-corrected chi connectivity index (χ2v) is 16.6. The zero-order chi connectivity index (χ0) is 43.8. The molecule has 9 rings (SSSR count). The third kappa shape index (κ3) is 9.06. The van der Waals surface area contributed by atoms with Crippen LogP contribution in [0.1, 0.15) is 59.8 Å². The van der Waals surface area contributed by atoms with Gasteiger partial charge in [0.05, 0.1) is 23.9 Å². The number of amides is 2. The smallest absolute Gasteiger partial charge is 0.258 e. The van der Waals surface area contributed by atoms with Crippen LogP contribution in [0.2, 0.25) is 0 Å². The van der Waals surface area contributed by atoms with Gasteiger partial charge in [-0.3, -0.25) is 20.0 Å². The first-order valence-corrected chi connectivity index (χ1v) is 22.1. The molecule has 316 valence electrons. The van der Waals surface area contributed by atoms with Gasteiger partial charge in [-0.05, 0) is 79.6 Å². The molecule has 0 aliphatic heterocycles. The van der Waals surface area contributed by atoms with Crippen molar-refractivity contribution in [1.82, 2.24) is 10.1 Å². The zero-order valence-electron chi connectivity index (χ0n) is 35.5. The zero-order valence-corrected chi connectivity index (χ0v) is 35.5. The molecule has 8 aromatic carbocycles. The lowest BCUT2D eigenvalue weighted by Gasteiger charge is -2.41. The Hall–Kier alpha value is -7.38. The van der Waals surface area contributed by atoms with Gasteiger partial charge < -0.3 is 0 Å². The molecule has 6 nitrogen and oxygen atoms in total. The molecule has 1 fully saturated rings. The number of hydroxylamine groups is 4. The summed E-state index contributed by atoms with van der Waals surface area (Å²) >= 11 is 0. The van der Waals surface area contributed by atoms with Crippen molar-refractivity contribution in [2.75, 3.05) is 0 Å². The molecule has 0 radical (unpaired) electrons. The number of rotatable bonds is 12. The third-order valence-corrected chi connectivity index (χ3v) is 12.7. The highest BCUT2D eigenvalue weighted by molar-refractivity contribution is 5.89. The van der Waals surface area contributed by atoms with Gasteiger partial charge in [-0.1, -0.05) is 231 Å². The molecule has 0 spiro atoms. The summed E-state index contributed by atoms with van der Waals surface area (Å²) in [4.78, 5) is 29.9. The molecular weight excluding hydrogens is 789 g/mol. The molecule has 1 saturated carbocycles. The van der Waals surface area contributed by atoms with Crippen LogP contribution >= 0.6 is 0 Å². The summed E-state index contributed by atoms with van der Waals surface area (Å²) in [6.07, 6.45) is 2.26. The van der Waals surface area contributed by atoms with Gasteiger partial charge in [-0.15, -0.1) is 0 Å². The van der Waals surface area contributed by atoms with E-state index < -0.39 is 35.7 Å². The molecular formula is C58H50N2O4. The maximum absolute atomic E-state index is 15.0. The predicted molar refractivity (Wildman–Crippen MR) is 255 cm³/mol. The second kappa shape index (κ2) is 19.3. The molecule has 0 saturated heterocycles. The highest BCUT2D eigenvalue weighted by Crippen LogP contribution is 2.37. The van der Waals surface area contributed by atoms with Crippen LogP contribution in [0, 0.1) is 0 Å². The SMILES string of the molecule is O=C(C(c1ccc(-c2ccccc2)cc1)c1ccc(-c2ccccc2)cc1)N(O)[C@@H]1CCCC[C@H]1N(O)C(=O)C(c1ccc(-c2ccccc2)cc1)c1ccc(-c2ccccc2)cc1. The molecule has 1 aliphatic carbocycles. The van der Waals surface area contributed by atoms with Gasteiger partial charge in [0.25, 0.3) is 11.8 Å². The summed E-state index contributed by atoms with van der Waals surface area (Å²) in [6.45, 7) is 0. The van der Waals surface area contributed by atoms with E-state index in [2.05, 4.69) is 0 Å². The fraction of sp³-hybridized carbons (Fsp3) is 0.138. The van der Waals surface area contributed by atoms with Crippen molar-refractivity contribution in [3.05, 3.63) is 241 Å². The molecule has 2 atom stereocenters. The average molecular weight is 839 g/mol. The van der Waals surface area contributed by atoms with Crippen LogP contribution < -0.4 is 0 Å². The van der Waals surface area contributed by atoms with Crippen LogP contribution in [0.3, 0.4) is 0 Å². The Morgan fingerprint density at radius 1 is 0.328 bits per heavy atom. The minimum atomic E-state index is -0.857. The van der Waals surface area contributed by atoms with Crippen LogP contribution in [0.25, 0.3) is 44.5 Å². The minimum absolute atomic E-state index is 0.409. The Morgan fingerprint density at radius 2 is 0.531 bits per heavy atom. The number of carbonyl (C=O) groups is 2. The summed E-state index contributed by atoms with van der Waals surface area (Å²) in [5.41, 5.74) is 11.2. The van der Waals surface area contributed by atoms with Crippen LogP contribution in [0.15, 0.2) is 218 Å². The summed E-state index contributed by atoms with van der Waals surface area (Å²) < 4.78 is 0. The van der Waals surface area contributed by atoms with Crippen LogP contribution in [0.5, 0.6) is 0 Å². The van der Waals surface area contributed by atoms with E-state index in [9.17, 15) is 20.0 Å². The number of nitrogens with zero attached hydrogens (tertiary/aromatic N) is 2. The molecule has 8 aromatic rings. The van der Waals surface area contributed by atoms with Gasteiger partial charge in [0, 0.05) is 0 Å². The monoisotopic (exact) mass is 838 g/mol. The van der Waals surface area contributed by atoms with Crippen molar-refractivity contribution in [3.8, 4) is 44.5 Å². The molecule has 2 amide bonds. The summed E-state index contributed by atoms with van der Waals surface area (Å²) in [5.74, 6) is -2.77. The largest absolute Gasteiger partial charge is 0.286 e. The number of hydrogen-bond donors (Lipinski definition) is 2. The van der Waals surface area contributed by atoms with E-state index in [1.807, 2.05) is 218 Å². The Balaban J connectivity index is 1.03. The first-order chi connectivity index (χ1) is 31.4. The number of hydrogen-bond acceptors (Lipinski definition) is 4.